The minimum atomic E-state index is -0.0983. The number of amides is 1. The van der Waals surface area contributed by atoms with E-state index >= 15 is 0 Å². The van der Waals surface area contributed by atoms with E-state index in [1.807, 2.05) is 38.1 Å². The number of rotatable bonds is 5. The maximum Gasteiger partial charge on any atom is 0.221 e. The Morgan fingerprint density at radius 3 is 2.62 bits per heavy atom. The highest BCUT2D eigenvalue weighted by Gasteiger charge is 2.02. The number of hydrogen-bond acceptors (Lipinski definition) is 5. The minimum absolute atomic E-state index is 0.0983. The van der Waals surface area contributed by atoms with Crippen LogP contribution in [-0.4, -0.2) is 16.8 Å². The summed E-state index contributed by atoms with van der Waals surface area (Å²) in [5.41, 5.74) is 3.21. The predicted octanol–water partition coefficient (Wildman–Crippen LogP) is 2.88. The molecule has 0 aliphatic carbocycles. The van der Waals surface area contributed by atoms with Crippen LogP contribution in [0.4, 0.5) is 5.69 Å². The normalized spacial score (nSPS) is 11.3. The summed E-state index contributed by atoms with van der Waals surface area (Å²) >= 11 is 0. The number of nitrogens with zero attached hydrogens (tertiary/aromatic N) is 2. The Kier molecular flexibility index (Phi) is 4.71. The van der Waals surface area contributed by atoms with E-state index in [1.54, 1.807) is 6.07 Å². The number of hydrogen-bond donors (Lipinski definition) is 1. The van der Waals surface area contributed by atoms with Crippen LogP contribution in [0.15, 0.2) is 40.0 Å². The van der Waals surface area contributed by atoms with E-state index < -0.39 is 0 Å². The highest BCUT2D eigenvalue weighted by Crippen LogP contribution is 2.11. The molecule has 21 heavy (non-hydrogen) atoms. The molecule has 0 radical (unpaired) electrons. The summed E-state index contributed by atoms with van der Waals surface area (Å²) in [4.78, 5) is 16.2. The first-order chi connectivity index (χ1) is 10.0. The fourth-order valence-corrected chi connectivity index (χ4v) is 1.73. The molecule has 0 atom stereocenters. The highest BCUT2D eigenvalue weighted by molar-refractivity contribution is 5.99. The minimum Gasteiger partial charge on any atom is -0.387 e. The number of oxime groups is 1. The van der Waals surface area contributed by atoms with Gasteiger partial charge in [0, 0.05) is 18.7 Å². The lowest BCUT2D eigenvalue weighted by molar-refractivity contribution is -0.114. The fraction of sp³-hybridized carbons (Fsp3) is 0.267. The number of aromatic nitrogens is 1. The molecule has 1 amide bonds. The zero-order chi connectivity index (χ0) is 15.2. The molecule has 1 N–H and O–H groups in total. The topological polar surface area (TPSA) is 76.7 Å². The standard InChI is InChI=1S/C15H17N3O3/c1-10-8-15(21-17-10)9-20-18-11(2)13-4-6-14(7-5-13)16-12(3)19/h4-8H,9H2,1-3H3,(H,16,19). The average Bonchev–Trinajstić information content (AvgIpc) is 2.84. The molecule has 1 aromatic heterocycles. The second-order valence-electron chi connectivity index (χ2n) is 4.64. The maximum absolute atomic E-state index is 10.9. The van der Waals surface area contributed by atoms with E-state index in [2.05, 4.69) is 15.6 Å². The molecular weight excluding hydrogens is 270 g/mol. The monoisotopic (exact) mass is 287 g/mol. The Labute approximate surface area is 122 Å². The van der Waals surface area contributed by atoms with Crippen molar-refractivity contribution < 1.29 is 14.2 Å². The molecule has 0 aliphatic heterocycles. The van der Waals surface area contributed by atoms with Crippen molar-refractivity contribution in [2.75, 3.05) is 5.32 Å². The zero-order valence-corrected chi connectivity index (χ0v) is 12.2. The SMILES string of the molecule is CC(=O)Nc1ccc(C(C)=NOCc2cc(C)no2)cc1. The molecule has 0 fully saturated rings. The Hall–Kier alpha value is -2.63. The number of nitrogens with one attached hydrogen (secondary N) is 1. The predicted molar refractivity (Wildman–Crippen MR) is 79.0 cm³/mol. The molecule has 0 aliphatic rings. The van der Waals surface area contributed by atoms with Gasteiger partial charge in [-0.15, -0.1) is 0 Å². The number of anilines is 1. The molecule has 6 nitrogen and oxygen atoms in total. The van der Waals surface area contributed by atoms with Crippen LogP contribution in [-0.2, 0) is 16.2 Å². The quantitative estimate of drug-likeness (QED) is 0.677. The van der Waals surface area contributed by atoms with Gasteiger partial charge in [0.1, 0.15) is 0 Å². The van der Waals surface area contributed by atoms with Gasteiger partial charge in [-0.1, -0.05) is 22.4 Å². The highest BCUT2D eigenvalue weighted by atomic mass is 16.6. The molecule has 0 unspecified atom stereocenters. The van der Waals surface area contributed by atoms with Gasteiger partial charge in [-0.05, 0) is 31.5 Å². The van der Waals surface area contributed by atoms with Crippen LogP contribution >= 0.6 is 0 Å². The van der Waals surface area contributed by atoms with Crippen LogP contribution in [0.5, 0.6) is 0 Å². The first-order valence-corrected chi connectivity index (χ1v) is 6.51. The van der Waals surface area contributed by atoms with Crippen molar-refractivity contribution in [3.63, 3.8) is 0 Å². The third-order valence-corrected chi connectivity index (χ3v) is 2.71. The zero-order valence-electron chi connectivity index (χ0n) is 12.2. The van der Waals surface area contributed by atoms with Crippen LogP contribution in [0.1, 0.15) is 30.9 Å². The molecule has 0 spiro atoms. The summed E-state index contributed by atoms with van der Waals surface area (Å²) in [6.07, 6.45) is 0. The van der Waals surface area contributed by atoms with Crippen molar-refractivity contribution in [1.82, 2.24) is 5.16 Å². The van der Waals surface area contributed by atoms with Crippen LogP contribution in [0, 0.1) is 6.92 Å². The summed E-state index contributed by atoms with van der Waals surface area (Å²) < 4.78 is 5.02. The average molecular weight is 287 g/mol. The maximum atomic E-state index is 10.9. The van der Waals surface area contributed by atoms with E-state index in [9.17, 15) is 4.79 Å². The van der Waals surface area contributed by atoms with Gasteiger partial charge in [-0.3, -0.25) is 4.79 Å². The van der Waals surface area contributed by atoms with Crippen molar-refractivity contribution in [2.45, 2.75) is 27.4 Å². The molecule has 6 heteroatoms. The van der Waals surface area contributed by atoms with E-state index in [4.69, 9.17) is 9.36 Å². The lowest BCUT2D eigenvalue weighted by atomic mass is 10.1. The lowest BCUT2D eigenvalue weighted by Gasteiger charge is -2.04. The molecular formula is C15H17N3O3. The number of carbonyl (C=O) groups is 1. The smallest absolute Gasteiger partial charge is 0.221 e. The van der Waals surface area contributed by atoms with Gasteiger partial charge < -0.3 is 14.7 Å². The van der Waals surface area contributed by atoms with Gasteiger partial charge >= 0.3 is 0 Å². The number of benzene rings is 1. The molecule has 0 saturated carbocycles. The molecule has 2 aromatic rings. The molecule has 0 saturated heterocycles. The second-order valence-corrected chi connectivity index (χ2v) is 4.64. The summed E-state index contributed by atoms with van der Waals surface area (Å²) in [6.45, 7) is 5.40. The summed E-state index contributed by atoms with van der Waals surface area (Å²) in [6, 6.07) is 9.16. The Morgan fingerprint density at radius 2 is 2.05 bits per heavy atom. The molecule has 2 rings (SSSR count). The molecule has 1 aromatic carbocycles. The second kappa shape index (κ2) is 6.69. The van der Waals surface area contributed by atoms with Gasteiger partial charge in [0.15, 0.2) is 12.4 Å². The van der Waals surface area contributed by atoms with E-state index in [1.165, 1.54) is 6.92 Å². The van der Waals surface area contributed by atoms with Gasteiger partial charge in [0.2, 0.25) is 5.91 Å². The molecule has 0 bridgehead atoms. The van der Waals surface area contributed by atoms with Crippen molar-refractivity contribution in [3.05, 3.63) is 47.3 Å². The van der Waals surface area contributed by atoms with Gasteiger partial charge in [-0.25, -0.2) is 0 Å². The first kappa shape index (κ1) is 14.8. The third kappa shape index (κ3) is 4.45. The van der Waals surface area contributed by atoms with Crippen LogP contribution in [0.2, 0.25) is 0 Å². The van der Waals surface area contributed by atoms with E-state index in [0.29, 0.717) is 5.76 Å². The summed E-state index contributed by atoms with van der Waals surface area (Å²) in [5, 5.41) is 10.5. The first-order valence-electron chi connectivity index (χ1n) is 6.51. The van der Waals surface area contributed by atoms with Crippen LogP contribution < -0.4 is 5.32 Å². The Morgan fingerprint density at radius 1 is 1.33 bits per heavy atom. The van der Waals surface area contributed by atoms with Crippen LogP contribution in [0.25, 0.3) is 0 Å². The Balaban J connectivity index is 1.93. The summed E-state index contributed by atoms with van der Waals surface area (Å²) in [5.74, 6) is 0.531. The van der Waals surface area contributed by atoms with E-state index in [-0.39, 0.29) is 12.5 Å². The van der Waals surface area contributed by atoms with Crippen molar-refractivity contribution in [1.29, 1.82) is 0 Å². The van der Waals surface area contributed by atoms with Gasteiger partial charge in [-0.2, -0.15) is 0 Å². The fourth-order valence-electron chi connectivity index (χ4n) is 1.73. The Bertz CT molecular complexity index is 644. The summed E-state index contributed by atoms with van der Waals surface area (Å²) in [7, 11) is 0. The van der Waals surface area contributed by atoms with Crippen molar-refractivity contribution in [3.8, 4) is 0 Å². The molecule has 110 valence electrons. The van der Waals surface area contributed by atoms with Crippen molar-refractivity contribution >= 4 is 17.3 Å². The third-order valence-electron chi connectivity index (χ3n) is 2.71. The van der Waals surface area contributed by atoms with Gasteiger partial charge in [0.05, 0.1) is 11.4 Å². The lowest BCUT2D eigenvalue weighted by Crippen LogP contribution is -2.06. The number of aryl methyl sites for hydroxylation is 1. The van der Waals surface area contributed by atoms with E-state index in [0.717, 1.165) is 22.7 Å². The number of carbonyl (C=O) groups excluding carboxylic acids is 1. The van der Waals surface area contributed by atoms with Gasteiger partial charge in [0.25, 0.3) is 0 Å². The molecule has 1 heterocycles. The largest absolute Gasteiger partial charge is 0.387 e. The van der Waals surface area contributed by atoms with Crippen LogP contribution in [0.3, 0.4) is 0 Å². The van der Waals surface area contributed by atoms with Crippen molar-refractivity contribution in [2.24, 2.45) is 5.16 Å².